The van der Waals surface area contributed by atoms with Gasteiger partial charge in [-0.2, -0.15) is 0 Å². The number of carbonyl (C=O) groups excluding carboxylic acids is 1. The summed E-state index contributed by atoms with van der Waals surface area (Å²) in [4.78, 5) is 27.9. The number of hydrogen-bond donors (Lipinski definition) is 1. The van der Waals surface area contributed by atoms with Crippen molar-refractivity contribution in [1.29, 1.82) is 0 Å². The number of carbonyl (C=O) groups is 1. The number of H-pyrrole nitrogens is 1. The molecule has 0 atom stereocenters. The van der Waals surface area contributed by atoms with Crippen LogP contribution in [0.25, 0.3) is 0 Å². The van der Waals surface area contributed by atoms with E-state index in [0.717, 1.165) is 12.8 Å². The van der Waals surface area contributed by atoms with Crippen molar-refractivity contribution in [2.45, 2.75) is 38.6 Å². The zero-order valence-corrected chi connectivity index (χ0v) is 10.1. The predicted octanol–water partition coefficient (Wildman–Crippen LogP) is 1.78. The van der Waals surface area contributed by atoms with Crippen molar-refractivity contribution in [2.24, 2.45) is 0 Å². The van der Waals surface area contributed by atoms with Gasteiger partial charge in [-0.3, -0.25) is 9.59 Å². The molecule has 1 aromatic rings. The molecular formula is C13H18N2O2. The number of pyridine rings is 1. The first-order valence-corrected chi connectivity index (χ1v) is 6.22. The van der Waals surface area contributed by atoms with Crippen LogP contribution in [0.15, 0.2) is 23.0 Å². The molecule has 1 aromatic heterocycles. The molecule has 1 amide bonds. The highest BCUT2D eigenvalue weighted by molar-refractivity contribution is 5.92. The Hall–Kier alpha value is -1.58. The number of amides is 1. The maximum absolute atomic E-state index is 12.3. The molecule has 0 aromatic carbocycles. The number of nitrogens with one attached hydrogen (secondary N) is 1. The van der Waals surface area contributed by atoms with Crippen LogP contribution in [-0.4, -0.2) is 28.4 Å². The number of nitrogens with zero attached hydrogens (tertiary/aromatic N) is 1. The highest BCUT2D eigenvalue weighted by atomic mass is 16.2. The molecule has 17 heavy (non-hydrogen) atoms. The summed E-state index contributed by atoms with van der Waals surface area (Å²) >= 11 is 0. The fourth-order valence-corrected chi connectivity index (χ4v) is 2.51. The summed E-state index contributed by atoms with van der Waals surface area (Å²) in [6, 6.07) is 5.05. The summed E-state index contributed by atoms with van der Waals surface area (Å²) in [5, 5.41) is 0. The minimum absolute atomic E-state index is 0.0582. The molecule has 0 unspecified atom stereocenters. The standard InChI is InChI=1S/C13H18N2O2/c1-2-15(10-6-3-4-7-10)13(17)11-8-5-9-12(16)14-11/h5,8-10H,2-4,6-7H2,1H3,(H,14,16). The number of aromatic nitrogens is 1. The topological polar surface area (TPSA) is 53.2 Å². The molecule has 1 N–H and O–H groups in total. The van der Waals surface area contributed by atoms with Crippen LogP contribution in [0.2, 0.25) is 0 Å². The van der Waals surface area contributed by atoms with Gasteiger partial charge >= 0.3 is 0 Å². The third-order valence-electron chi connectivity index (χ3n) is 3.37. The van der Waals surface area contributed by atoms with Crippen LogP contribution in [0.4, 0.5) is 0 Å². The molecule has 0 spiro atoms. The molecule has 0 aliphatic heterocycles. The molecule has 0 saturated heterocycles. The van der Waals surface area contributed by atoms with Gasteiger partial charge in [-0.15, -0.1) is 0 Å². The van der Waals surface area contributed by atoms with E-state index in [1.807, 2.05) is 11.8 Å². The van der Waals surface area contributed by atoms with E-state index in [-0.39, 0.29) is 11.5 Å². The van der Waals surface area contributed by atoms with Gasteiger partial charge in [0.1, 0.15) is 5.69 Å². The van der Waals surface area contributed by atoms with Gasteiger partial charge in [-0.05, 0) is 25.8 Å². The minimum Gasteiger partial charge on any atom is -0.335 e. The van der Waals surface area contributed by atoms with E-state index in [1.165, 1.54) is 18.9 Å². The quantitative estimate of drug-likeness (QED) is 0.866. The second kappa shape index (κ2) is 5.17. The van der Waals surface area contributed by atoms with Gasteiger partial charge in [0, 0.05) is 18.7 Å². The first-order valence-electron chi connectivity index (χ1n) is 6.22. The Bertz CT molecular complexity index is 447. The minimum atomic E-state index is -0.224. The highest BCUT2D eigenvalue weighted by Crippen LogP contribution is 2.24. The normalized spacial score (nSPS) is 16.1. The Morgan fingerprint density at radius 1 is 1.41 bits per heavy atom. The second-order valence-corrected chi connectivity index (χ2v) is 4.46. The molecule has 92 valence electrons. The Labute approximate surface area is 101 Å². The van der Waals surface area contributed by atoms with Gasteiger partial charge in [0.15, 0.2) is 0 Å². The average Bonchev–Trinajstić information content (AvgIpc) is 2.83. The van der Waals surface area contributed by atoms with Crippen LogP contribution >= 0.6 is 0 Å². The van der Waals surface area contributed by atoms with Gasteiger partial charge < -0.3 is 9.88 Å². The van der Waals surface area contributed by atoms with Crippen LogP contribution in [0.3, 0.4) is 0 Å². The molecule has 4 heteroatoms. The van der Waals surface area contributed by atoms with Gasteiger partial charge in [-0.1, -0.05) is 18.9 Å². The van der Waals surface area contributed by atoms with Gasteiger partial charge in [0.2, 0.25) is 5.56 Å². The Kier molecular flexibility index (Phi) is 3.61. The van der Waals surface area contributed by atoms with Crippen molar-refractivity contribution in [3.05, 3.63) is 34.2 Å². The summed E-state index contributed by atoms with van der Waals surface area (Å²) in [6.45, 7) is 2.68. The van der Waals surface area contributed by atoms with E-state index in [0.29, 0.717) is 18.3 Å². The fraction of sp³-hybridized carbons (Fsp3) is 0.538. The van der Waals surface area contributed by atoms with Crippen LogP contribution in [0, 0.1) is 0 Å². The smallest absolute Gasteiger partial charge is 0.270 e. The molecule has 0 bridgehead atoms. The number of hydrogen-bond acceptors (Lipinski definition) is 2. The predicted molar refractivity (Wildman–Crippen MR) is 66.0 cm³/mol. The third-order valence-corrected chi connectivity index (χ3v) is 3.37. The summed E-state index contributed by atoms with van der Waals surface area (Å²) in [7, 11) is 0. The molecule has 0 radical (unpaired) electrons. The SMILES string of the molecule is CCN(C(=O)c1cccc(=O)[nH]1)C1CCCC1. The van der Waals surface area contributed by atoms with Crippen molar-refractivity contribution >= 4 is 5.91 Å². The Balaban J connectivity index is 2.19. The zero-order valence-electron chi connectivity index (χ0n) is 10.1. The van der Waals surface area contributed by atoms with E-state index in [2.05, 4.69) is 4.98 Å². The number of aromatic amines is 1. The maximum Gasteiger partial charge on any atom is 0.270 e. The molecule has 4 nitrogen and oxygen atoms in total. The first kappa shape index (κ1) is 11.9. The maximum atomic E-state index is 12.3. The molecule has 1 fully saturated rings. The van der Waals surface area contributed by atoms with Crippen molar-refractivity contribution < 1.29 is 4.79 Å². The van der Waals surface area contributed by atoms with Crippen LogP contribution in [-0.2, 0) is 0 Å². The van der Waals surface area contributed by atoms with E-state index >= 15 is 0 Å². The lowest BCUT2D eigenvalue weighted by molar-refractivity contribution is 0.0687. The summed E-state index contributed by atoms with van der Waals surface area (Å²) in [6.07, 6.45) is 4.55. The lowest BCUT2D eigenvalue weighted by atomic mass is 10.2. The molecule has 1 saturated carbocycles. The van der Waals surface area contributed by atoms with Crippen molar-refractivity contribution in [3.8, 4) is 0 Å². The summed E-state index contributed by atoms with van der Waals surface area (Å²) < 4.78 is 0. The van der Waals surface area contributed by atoms with Crippen molar-refractivity contribution in [3.63, 3.8) is 0 Å². The van der Waals surface area contributed by atoms with Crippen LogP contribution in [0.5, 0.6) is 0 Å². The average molecular weight is 234 g/mol. The molecular weight excluding hydrogens is 216 g/mol. The first-order chi connectivity index (χ1) is 8.22. The zero-order chi connectivity index (χ0) is 12.3. The largest absolute Gasteiger partial charge is 0.335 e. The Morgan fingerprint density at radius 3 is 2.71 bits per heavy atom. The molecule has 1 aliphatic rings. The second-order valence-electron chi connectivity index (χ2n) is 4.46. The lowest BCUT2D eigenvalue weighted by Gasteiger charge is -2.27. The summed E-state index contributed by atoms with van der Waals surface area (Å²) in [5.74, 6) is -0.0582. The van der Waals surface area contributed by atoms with E-state index in [9.17, 15) is 9.59 Å². The monoisotopic (exact) mass is 234 g/mol. The van der Waals surface area contributed by atoms with Crippen molar-refractivity contribution in [1.82, 2.24) is 9.88 Å². The highest BCUT2D eigenvalue weighted by Gasteiger charge is 2.26. The molecule has 1 heterocycles. The molecule has 2 rings (SSSR count). The van der Waals surface area contributed by atoms with Gasteiger partial charge in [0.05, 0.1) is 0 Å². The number of rotatable bonds is 3. The Morgan fingerprint density at radius 2 is 2.12 bits per heavy atom. The van der Waals surface area contributed by atoms with Gasteiger partial charge in [-0.25, -0.2) is 0 Å². The molecule has 1 aliphatic carbocycles. The van der Waals surface area contributed by atoms with Crippen molar-refractivity contribution in [2.75, 3.05) is 6.54 Å². The fourth-order valence-electron chi connectivity index (χ4n) is 2.51. The summed E-state index contributed by atoms with van der Waals surface area (Å²) in [5.41, 5.74) is 0.171. The van der Waals surface area contributed by atoms with Crippen LogP contribution < -0.4 is 5.56 Å². The van der Waals surface area contributed by atoms with E-state index in [1.54, 1.807) is 12.1 Å². The lowest BCUT2D eigenvalue weighted by Crippen LogP contribution is -2.39. The third kappa shape index (κ3) is 2.57. The van der Waals surface area contributed by atoms with E-state index < -0.39 is 0 Å². The van der Waals surface area contributed by atoms with Gasteiger partial charge in [0.25, 0.3) is 5.91 Å². The van der Waals surface area contributed by atoms with Crippen LogP contribution in [0.1, 0.15) is 43.1 Å². The van der Waals surface area contributed by atoms with E-state index in [4.69, 9.17) is 0 Å².